The molecule has 0 saturated carbocycles. The van der Waals surface area contributed by atoms with Crippen LogP contribution in [0, 0.1) is 0 Å². The molecule has 346 valence electrons. The lowest BCUT2D eigenvalue weighted by Crippen LogP contribution is -2.30. The van der Waals surface area contributed by atoms with Crippen molar-refractivity contribution in [3.63, 3.8) is 0 Å². The Balaban J connectivity index is 4.60. The van der Waals surface area contributed by atoms with E-state index in [2.05, 4.69) is 75.5 Å². The van der Waals surface area contributed by atoms with Gasteiger partial charge in [-0.05, 0) is 77.0 Å². The molecule has 0 aliphatic carbocycles. The Morgan fingerprint density at radius 2 is 0.645 bits per heavy atom. The molecule has 0 amide bonds. The first-order valence-electron chi connectivity index (χ1n) is 24.3. The number of hydrogen-bond acceptors (Lipinski definition) is 6. The summed E-state index contributed by atoms with van der Waals surface area (Å²) in [6, 6.07) is 0. The molecule has 6 heteroatoms. The standard InChI is InChI=1S/C56H86O6/c1-4-7-10-13-16-19-22-25-27-29-31-34-37-40-43-46-49-55(58)61-52-53(51-60-54(57)48-45-42-39-36-33-30-24-21-18-15-12-9-6-3)62-56(59)50-47-44-41-38-35-32-28-26-23-20-17-14-11-8-5-2/h8-9,11-12,14-15,17-18,20-21,23-24,26-31,33-34,36,39,53H,4-7,10,13,16,19,22,25,32,35,37-38,40-52H2,1-3H3/b11-8-,12-9-,17-14-,18-15-,23-20-,24-21-,28-26-,29-27-,33-30-,34-31-,39-36-. The first-order chi connectivity index (χ1) is 30.5. The summed E-state index contributed by atoms with van der Waals surface area (Å²) in [5, 5.41) is 0. The molecular formula is C56H86O6. The number of hydrogen-bond donors (Lipinski definition) is 0. The molecule has 62 heavy (non-hydrogen) atoms. The average Bonchev–Trinajstić information content (AvgIpc) is 3.27. The van der Waals surface area contributed by atoms with E-state index in [0.29, 0.717) is 12.8 Å². The smallest absolute Gasteiger partial charge is 0.306 e. The van der Waals surface area contributed by atoms with Crippen LogP contribution in [0.15, 0.2) is 134 Å². The van der Waals surface area contributed by atoms with Gasteiger partial charge in [-0.1, -0.05) is 219 Å². The first kappa shape index (κ1) is 57.5. The van der Waals surface area contributed by atoms with Gasteiger partial charge in [0.1, 0.15) is 13.2 Å². The van der Waals surface area contributed by atoms with Crippen molar-refractivity contribution in [2.75, 3.05) is 13.2 Å². The first-order valence-corrected chi connectivity index (χ1v) is 24.3. The molecule has 0 fully saturated rings. The summed E-state index contributed by atoms with van der Waals surface area (Å²) >= 11 is 0. The number of allylic oxidation sites excluding steroid dienone is 22. The van der Waals surface area contributed by atoms with Crippen molar-refractivity contribution in [3.05, 3.63) is 134 Å². The molecule has 1 unspecified atom stereocenters. The molecule has 0 aliphatic heterocycles. The highest BCUT2D eigenvalue weighted by atomic mass is 16.6. The Labute approximate surface area is 379 Å². The van der Waals surface area contributed by atoms with E-state index in [-0.39, 0.29) is 44.0 Å². The molecule has 0 rings (SSSR count). The third-order valence-electron chi connectivity index (χ3n) is 9.62. The van der Waals surface area contributed by atoms with Gasteiger partial charge in [0.05, 0.1) is 0 Å². The molecule has 0 saturated heterocycles. The summed E-state index contributed by atoms with van der Waals surface area (Å²) in [6.07, 6.45) is 68.7. The van der Waals surface area contributed by atoms with Crippen LogP contribution in [0.3, 0.4) is 0 Å². The summed E-state index contributed by atoms with van der Waals surface area (Å²) < 4.78 is 16.6. The molecule has 0 heterocycles. The van der Waals surface area contributed by atoms with E-state index in [1.807, 2.05) is 79.0 Å². The summed E-state index contributed by atoms with van der Waals surface area (Å²) in [7, 11) is 0. The highest BCUT2D eigenvalue weighted by molar-refractivity contribution is 5.71. The molecule has 0 radical (unpaired) electrons. The van der Waals surface area contributed by atoms with E-state index in [4.69, 9.17) is 14.2 Å². The maximum Gasteiger partial charge on any atom is 0.306 e. The van der Waals surface area contributed by atoms with Crippen molar-refractivity contribution in [3.8, 4) is 0 Å². The molecule has 0 aromatic rings. The fraction of sp³-hybridized carbons (Fsp3) is 0.554. The SMILES string of the molecule is CC\C=C/C=C\C=C/C=C\C=C/CCCC(=O)OCC(COC(=O)CCCCC/C=C\C=C/CCCCCCCCC)OC(=O)CCCCCCC\C=C/C=C\C=C/C=C\CC. The highest BCUT2D eigenvalue weighted by Gasteiger charge is 2.19. The lowest BCUT2D eigenvalue weighted by Gasteiger charge is -2.18. The normalized spacial score (nSPS) is 13.3. The average molecular weight is 855 g/mol. The number of carbonyl (C=O) groups is 3. The second kappa shape index (κ2) is 49.2. The van der Waals surface area contributed by atoms with Crippen LogP contribution >= 0.6 is 0 Å². The molecule has 0 spiro atoms. The number of ether oxygens (including phenoxy) is 3. The fourth-order valence-electron chi connectivity index (χ4n) is 6.00. The molecule has 0 N–H and O–H groups in total. The van der Waals surface area contributed by atoms with Crippen LogP contribution in [0.25, 0.3) is 0 Å². The number of carbonyl (C=O) groups excluding carboxylic acids is 3. The maximum atomic E-state index is 12.8. The zero-order valence-electron chi connectivity index (χ0n) is 39.3. The minimum Gasteiger partial charge on any atom is -0.462 e. The summed E-state index contributed by atoms with van der Waals surface area (Å²) in [4.78, 5) is 37.9. The summed E-state index contributed by atoms with van der Waals surface area (Å²) in [6.45, 7) is 6.21. The van der Waals surface area contributed by atoms with E-state index < -0.39 is 6.10 Å². The van der Waals surface area contributed by atoms with E-state index in [0.717, 1.165) is 89.9 Å². The van der Waals surface area contributed by atoms with Crippen molar-refractivity contribution in [1.29, 1.82) is 0 Å². The van der Waals surface area contributed by atoms with Gasteiger partial charge in [0.2, 0.25) is 0 Å². The molecule has 0 aromatic carbocycles. The summed E-state index contributed by atoms with van der Waals surface area (Å²) in [5.41, 5.74) is 0. The molecule has 6 nitrogen and oxygen atoms in total. The predicted molar refractivity (Wildman–Crippen MR) is 265 cm³/mol. The minimum atomic E-state index is -0.834. The van der Waals surface area contributed by atoms with Crippen LogP contribution in [0.5, 0.6) is 0 Å². The monoisotopic (exact) mass is 855 g/mol. The number of unbranched alkanes of at least 4 members (excludes halogenated alkanes) is 16. The van der Waals surface area contributed by atoms with E-state index in [9.17, 15) is 14.4 Å². The van der Waals surface area contributed by atoms with Crippen LogP contribution in [-0.4, -0.2) is 37.2 Å². The Morgan fingerprint density at radius 3 is 1.08 bits per heavy atom. The third kappa shape index (κ3) is 46.6. The Hall–Kier alpha value is -4.45. The maximum absolute atomic E-state index is 12.8. The Morgan fingerprint density at radius 1 is 0.339 bits per heavy atom. The fourth-order valence-corrected chi connectivity index (χ4v) is 6.00. The zero-order chi connectivity index (χ0) is 45.1. The number of rotatable bonds is 41. The van der Waals surface area contributed by atoms with Crippen molar-refractivity contribution >= 4 is 17.9 Å². The quantitative estimate of drug-likeness (QED) is 0.0264. The van der Waals surface area contributed by atoms with Gasteiger partial charge in [-0.25, -0.2) is 0 Å². The van der Waals surface area contributed by atoms with Crippen LogP contribution in [0.1, 0.15) is 181 Å². The van der Waals surface area contributed by atoms with Gasteiger partial charge in [0.25, 0.3) is 0 Å². The van der Waals surface area contributed by atoms with E-state index >= 15 is 0 Å². The van der Waals surface area contributed by atoms with Crippen molar-refractivity contribution in [2.24, 2.45) is 0 Å². The molecule has 0 bridgehead atoms. The lowest BCUT2D eigenvalue weighted by atomic mass is 10.1. The topological polar surface area (TPSA) is 78.9 Å². The molecular weight excluding hydrogens is 769 g/mol. The molecule has 1 atom stereocenters. The second-order valence-corrected chi connectivity index (χ2v) is 15.5. The van der Waals surface area contributed by atoms with Gasteiger partial charge >= 0.3 is 17.9 Å². The van der Waals surface area contributed by atoms with Gasteiger partial charge in [-0.15, -0.1) is 0 Å². The zero-order valence-corrected chi connectivity index (χ0v) is 39.3. The number of esters is 3. The van der Waals surface area contributed by atoms with E-state index in [1.54, 1.807) is 0 Å². The van der Waals surface area contributed by atoms with Crippen LogP contribution < -0.4 is 0 Å². The summed E-state index contributed by atoms with van der Waals surface area (Å²) in [5.74, 6) is -1.07. The Kier molecular flexibility index (Phi) is 45.7. The van der Waals surface area contributed by atoms with Crippen LogP contribution in [0.2, 0.25) is 0 Å². The van der Waals surface area contributed by atoms with Gasteiger partial charge in [0, 0.05) is 19.3 Å². The molecule has 0 aliphatic rings. The second-order valence-electron chi connectivity index (χ2n) is 15.5. The predicted octanol–water partition coefficient (Wildman–Crippen LogP) is 15.9. The van der Waals surface area contributed by atoms with E-state index in [1.165, 1.54) is 44.9 Å². The minimum absolute atomic E-state index is 0.130. The van der Waals surface area contributed by atoms with Crippen molar-refractivity contribution in [1.82, 2.24) is 0 Å². The third-order valence-corrected chi connectivity index (χ3v) is 9.62. The largest absolute Gasteiger partial charge is 0.462 e. The van der Waals surface area contributed by atoms with Gasteiger partial charge in [0.15, 0.2) is 6.10 Å². The Bertz CT molecular complexity index is 1400. The van der Waals surface area contributed by atoms with Gasteiger partial charge in [-0.3, -0.25) is 14.4 Å². The lowest BCUT2D eigenvalue weighted by molar-refractivity contribution is -0.167. The van der Waals surface area contributed by atoms with Crippen LogP contribution in [-0.2, 0) is 28.6 Å². The van der Waals surface area contributed by atoms with Gasteiger partial charge in [-0.2, -0.15) is 0 Å². The highest BCUT2D eigenvalue weighted by Crippen LogP contribution is 2.12. The van der Waals surface area contributed by atoms with Crippen molar-refractivity contribution < 1.29 is 28.6 Å². The molecule has 0 aromatic heterocycles. The van der Waals surface area contributed by atoms with Gasteiger partial charge < -0.3 is 14.2 Å². The van der Waals surface area contributed by atoms with Crippen LogP contribution in [0.4, 0.5) is 0 Å². The van der Waals surface area contributed by atoms with Crippen molar-refractivity contribution in [2.45, 2.75) is 187 Å².